The summed E-state index contributed by atoms with van der Waals surface area (Å²) in [5.41, 5.74) is 0.954. The van der Waals surface area contributed by atoms with Gasteiger partial charge in [-0.2, -0.15) is 0 Å². The first-order valence-corrected chi connectivity index (χ1v) is 8.05. The van der Waals surface area contributed by atoms with E-state index in [1.165, 1.54) is 30.4 Å². The molecule has 1 aliphatic heterocycles. The monoisotopic (exact) mass is 317 g/mol. The first kappa shape index (κ1) is 14.9. The summed E-state index contributed by atoms with van der Waals surface area (Å²) in [6, 6.07) is 9.72. The van der Waals surface area contributed by atoms with E-state index in [1.54, 1.807) is 24.3 Å². The zero-order valence-electron chi connectivity index (χ0n) is 12.2. The molecule has 0 unspecified atom stereocenters. The molecule has 1 atom stereocenters. The molecule has 3 rings (SSSR count). The van der Waals surface area contributed by atoms with Gasteiger partial charge in [0.1, 0.15) is 5.82 Å². The minimum Gasteiger partial charge on any atom is -0.331 e. The summed E-state index contributed by atoms with van der Waals surface area (Å²) in [6.45, 7) is 2.19. The summed E-state index contributed by atoms with van der Waals surface area (Å²) in [5.74, 6) is -0.353. The van der Waals surface area contributed by atoms with Gasteiger partial charge in [0.15, 0.2) is 5.78 Å². The van der Waals surface area contributed by atoms with Crippen LogP contribution in [0.2, 0.25) is 0 Å². The average Bonchev–Trinajstić information content (AvgIpc) is 3.17. The van der Waals surface area contributed by atoms with E-state index in [0.717, 1.165) is 18.4 Å². The number of carbonyl (C=O) groups excluding carboxylic acids is 2. The van der Waals surface area contributed by atoms with Crippen molar-refractivity contribution in [1.29, 1.82) is 0 Å². The van der Waals surface area contributed by atoms with Crippen LogP contribution in [0.5, 0.6) is 0 Å². The topological polar surface area (TPSA) is 37.4 Å². The molecular weight excluding hydrogens is 301 g/mol. The maximum Gasteiger partial charge on any atom is 0.264 e. The molecule has 22 heavy (non-hydrogen) atoms. The van der Waals surface area contributed by atoms with Gasteiger partial charge in [-0.1, -0.05) is 12.1 Å². The molecule has 1 saturated heterocycles. The lowest BCUT2D eigenvalue weighted by Crippen LogP contribution is -2.29. The number of amides is 1. The Labute approximate surface area is 132 Å². The summed E-state index contributed by atoms with van der Waals surface area (Å²) in [6.07, 6.45) is 1.81. The van der Waals surface area contributed by atoms with Crippen LogP contribution in [-0.2, 0) is 0 Å². The van der Waals surface area contributed by atoms with E-state index >= 15 is 0 Å². The molecule has 114 valence electrons. The molecule has 1 amide bonds. The third kappa shape index (κ3) is 2.81. The van der Waals surface area contributed by atoms with E-state index in [0.29, 0.717) is 16.3 Å². The molecule has 1 fully saturated rings. The van der Waals surface area contributed by atoms with Crippen molar-refractivity contribution in [3.63, 3.8) is 0 Å². The van der Waals surface area contributed by atoms with Crippen LogP contribution >= 0.6 is 11.3 Å². The van der Waals surface area contributed by atoms with Crippen molar-refractivity contribution >= 4 is 23.0 Å². The maximum absolute atomic E-state index is 13.1. The van der Waals surface area contributed by atoms with Gasteiger partial charge < -0.3 is 4.90 Å². The van der Waals surface area contributed by atoms with Crippen molar-refractivity contribution in [3.8, 4) is 0 Å². The summed E-state index contributed by atoms with van der Waals surface area (Å²) in [4.78, 5) is 27.1. The Morgan fingerprint density at radius 1 is 1.14 bits per heavy atom. The third-order valence-electron chi connectivity index (χ3n) is 3.93. The minimum atomic E-state index is -0.274. The molecule has 0 radical (unpaired) electrons. The lowest BCUT2D eigenvalue weighted by Gasteiger charge is -2.24. The van der Waals surface area contributed by atoms with Crippen molar-refractivity contribution in [2.24, 2.45) is 0 Å². The SMILES string of the molecule is CC(=O)c1ccc(C(=O)N2CCC[C@@H]2c2ccc(F)cc2)s1. The van der Waals surface area contributed by atoms with Crippen molar-refractivity contribution < 1.29 is 14.0 Å². The van der Waals surface area contributed by atoms with Gasteiger partial charge in [-0.05, 0) is 49.6 Å². The van der Waals surface area contributed by atoms with E-state index in [2.05, 4.69) is 0 Å². The Balaban J connectivity index is 1.84. The quantitative estimate of drug-likeness (QED) is 0.800. The van der Waals surface area contributed by atoms with Crippen LogP contribution in [0.3, 0.4) is 0 Å². The number of ketones is 1. The summed E-state index contributed by atoms with van der Waals surface area (Å²) in [5, 5.41) is 0. The molecule has 0 saturated carbocycles. The van der Waals surface area contributed by atoms with Gasteiger partial charge in [0.05, 0.1) is 15.8 Å². The number of Topliss-reactive ketones (excluding diaryl/α,β-unsaturated/α-hetero) is 1. The van der Waals surface area contributed by atoms with Crippen LogP contribution in [0, 0.1) is 5.82 Å². The van der Waals surface area contributed by atoms with Gasteiger partial charge in [-0.15, -0.1) is 11.3 Å². The number of carbonyl (C=O) groups is 2. The molecule has 1 aromatic heterocycles. The van der Waals surface area contributed by atoms with Crippen molar-refractivity contribution in [2.75, 3.05) is 6.54 Å². The largest absolute Gasteiger partial charge is 0.331 e. The highest BCUT2D eigenvalue weighted by molar-refractivity contribution is 7.15. The number of nitrogens with zero attached hydrogens (tertiary/aromatic N) is 1. The number of benzene rings is 1. The molecule has 5 heteroatoms. The first-order chi connectivity index (χ1) is 10.6. The Kier molecular flexibility index (Phi) is 4.07. The van der Waals surface area contributed by atoms with Crippen LogP contribution in [0.1, 0.15) is 50.7 Å². The van der Waals surface area contributed by atoms with E-state index in [9.17, 15) is 14.0 Å². The number of rotatable bonds is 3. The second-order valence-electron chi connectivity index (χ2n) is 5.43. The van der Waals surface area contributed by atoms with Crippen LogP contribution < -0.4 is 0 Å². The van der Waals surface area contributed by atoms with Gasteiger partial charge in [-0.3, -0.25) is 9.59 Å². The summed E-state index contributed by atoms with van der Waals surface area (Å²) >= 11 is 1.23. The van der Waals surface area contributed by atoms with Crippen LogP contribution in [0.25, 0.3) is 0 Å². The molecule has 1 aromatic carbocycles. The van der Waals surface area contributed by atoms with Gasteiger partial charge >= 0.3 is 0 Å². The van der Waals surface area contributed by atoms with E-state index in [1.807, 2.05) is 4.90 Å². The highest BCUT2D eigenvalue weighted by atomic mass is 32.1. The zero-order valence-corrected chi connectivity index (χ0v) is 13.0. The van der Waals surface area contributed by atoms with Crippen LogP contribution in [0.15, 0.2) is 36.4 Å². The molecule has 2 heterocycles. The fraction of sp³-hybridized carbons (Fsp3) is 0.294. The molecule has 0 aliphatic carbocycles. The van der Waals surface area contributed by atoms with Crippen molar-refractivity contribution in [1.82, 2.24) is 4.90 Å². The van der Waals surface area contributed by atoms with Gasteiger partial charge in [0.2, 0.25) is 0 Å². The lowest BCUT2D eigenvalue weighted by molar-refractivity contribution is 0.0740. The fourth-order valence-electron chi connectivity index (χ4n) is 2.82. The number of halogens is 1. The molecule has 0 spiro atoms. The van der Waals surface area contributed by atoms with E-state index in [4.69, 9.17) is 0 Å². The van der Waals surface area contributed by atoms with E-state index in [-0.39, 0.29) is 23.5 Å². The first-order valence-electron chi connectivity index (χ1n) is 7.23. The average molecular weight is 317 g/mol. The normalized spacial score (nSPS) is 17.7. The summed E-state index contributed by atoms with van der Waals surface area (Å²) in [7, 11) is 0. The highest BCUT2D eigenvalue weighted by Crippen LogP contribution is 2.34. The standard InChI is InChI=1S/C17H16FNO2S/c1-11(20)15-8-9-16(22-15)17(21)19-10-2-3-14(19)12-4-6-13(18)7-5-12/h4-9,14H,2-3,10H2,1H3/t14-/m1/s1. The minimum absolute atomic E-state index is 0.0176. The molecular formula is C17H16FNO2S. The second kappa shape index (κ2) is 6.01. The zero-order chi connectivity index (χ0) is 15.7. The predicted molar refractivity (Wildman–Crippen MR) is 83.7 cm³/mol. The smallest absolute Gasteiger partial charge is 0.264 e. The van der Waals surface area contributed by atoms with Gasteiger partial charge in [-0.25, -0.2) is 4.39 Å². The summed E-state index contributed by atoms with van der Waals surface area (Å²) < 4.78 is 13.1. The Morgan fingerprint density at radius 3 is 2.45 bits per heavy atom. The molecule has 0 bridgehead atoms. The van der Waals surface area contributed by atoms with Crippen LogP contribution in [-0.4, -0.2) is 23.1 Å². The number of hydrogen-bond donors (Lipinski definition) is 0. The number of hydrogen-bond acceptors (Lipinski definition) is 3. The fourth-order valence-corrected chi connectivity index (χ4v) is 3.68. The number of thiophene rings is 1. The van der Waals surface area contributed by atoms with E-state index < -0.39 is 0 Å². The van der Waals surface area contributed by atoms with Gasteiger partial charge in [0, 0.05) is 6.54 Å². The second-order valence-corrected chi connectivity index (χ2v) is 6.51. The Morgan fingerprint density at radius 2 is 1.82 bits per heavy atom. The van der Waals surface area contributed by atoms with Gasteiger partial charge in [0.25, 0.3) is 5.91 Å². The predicted octanol–water partition coefficient (Wildman–Crippen LogP) is 4.07. The Hall–Kier alpha value is -2.01. The molecule has 3 nitrogen and oxygen atoms in total. The number of likely N-dealkylation sites (tertiary alicyclic amines) is 1. The maximum atomic E-state index is 13.1. The molecule has 0 N–H and O–H groups in total. The highest BCUT2D eigenvalue weighted by Gasteiger charge is 2.31. The Bertz CT molecular complexity index is 708. The van der Waals surface area contributed by atoms with Crippen molar-refractivity contribution in [3.05, 3.63) is 57.5 Å². The lowest BCUT2D eigenvalue weighted by atomic mass is 10.0. The third-order valence-corrected chi connectivity index (χ3v) is 5.11. The van der Waals surface area contributed by atoms with Crippen LogP contribution in [0.4, 0.5) is 4.39 Å². The molecule has 2 aromatic rings. The van der Waals surface area contributed by atoms with Crippen molar-refractivity contribution in [2.45, 2.75) is 25.8 Å². The molecule has 1 aliphatic rings.